The summed E-state index contributed by atoms with van der Waals surface area (Å²) in [5, 5.41) is 4.11. The van der Waals surface area contributed by atoms with E-state index in [2.05, 4.69) is 5.32 Å². The summed E-state index contributed by atoms with van der Waals surface area (Å²) in [6, 6.07) is 5.92. The SMILES string of the molecule is COc1ccc(Cl)cc1CC(=O)CCC1CCCCN1. The summed E-state index contributed by atoms with van der Waals surface area (Å²) in [6.45, 7) is 1.08. The van der Waals surface area contributed by atoms with E-state index in [0.29, 0.717) is 23.9 Å². The van der Waals surface area contributed by atoms with Crippen LogP contribution in [0.1, 0.15) is 37.7 Å². The molecule has 20 heavy (non-hydrogen) atoms. The maximum Gasteiger partial charge on any atom is 0.137 e. The Hall–Kier alpha value is -1.06. The second kappa shape index (κ2) is 7.65. The highest BCUT2D eigenvalue weighted by molar-refractivity contribution is 6.30. The second-order valence-corrected chi connectivity index (χ2v) is 5.79. The van der Waals surface area contributed by atoms with E-state index in [9.17, 15) is 4.79 Å². The van der Waals surface area contributed by atoms with Gasteiger partial charge in [-0.05, 0) is 44.0 Å². The van der Waals surface area contributed by atoms with Crippen molar-refractivity contribution in [1.29, 1.82) is 0 Å². The average Bonchev–Trinajstić information content (AvgIpc) is 2.46. The number of benzene rings is 1. The minimum Gasteiger partial charge on any atom is -0.496 e. The summed E-state index contributed by atoms with van der Waals surface area (Å²) in [6.07, 6.45) is 5.66. The molecule has 0 radical (unpaired) electrons. The number of piperidine rings is 1. The van der Waals surface area contributed by atoms with Crippen LogP contribution in [0.5, 0.6) is 5.75 Å². The zero-order chi connectivity index (χ0) is 14.4. The largest absolute Gasteiger partial charge is 0.496 e. The molecular formula is C16H22ClNO2. The summed E-state index contributed by atoms with van der Waals surface area (Å²) in [4.78, 5) is 12.1. The molecule has 0 bridgehead atoms. The Bertz CT molecular complexity index is 456. The fraction of sp³-hybridized carbons (Fsp3) is 0.562. The smallest absolute Gasteiger partial charge is 0.137 e. The van der Waals surface area contributed by atoms with Gasteiger partial charge in [-0.15, -0.1) is 0 Å². The van der Waals surface area contributed by atoms with Gasteiger partial charge in [0.25, 0.3) is 0 Å². The van der Waals surface area contributed by atoms with Gasteiger partial charge in [0.2, 0.25) is 0 Å². The quantitative estimate of drug-likeness (QED) is 0.874. The van der Waals surface area contributed by atoms with E-state index in [4.69, 9.17) is 16.3 Å². The Morgan fingerprint density at radius 3 is 3.00 bits per heavy atom. The van der Waals surface area contributed by atoms with Crippen molar-refractivity contribution < 1.29 is 9.53 Å². The average molecular weight is 296 g/mol. The van der Waals surface area contributed by atoms with Gasteiger partial charge in [0.05, 0.1) is 7.11 Å². The number of ketones is 1. The predicted molar refractivity (Wildman–Crippen MR) is 81.6 cm³/mol. The molecule has 1 aliphatic heterocycles. The lowest BCUT2D eigenvalue weighted by Gasteiger charge is -2.23. The summed E-state index contributed by atoms with van der Waals surface area (Å²) in [7, 11) is 1.61. The molecule has 1 unspecified atom stereocenters. The van der Waals surface area contributed by atoms with Crippen LogP contribution in [0.4, 0.5) is 0 Å². The van der Waals surface area contributed by atoms with Crippen molar-refractivity contribution in [3.63, 3.8) is 0 Å². The maximum atomic E-state index is 12.1. The fourth-order valence-electron chi connectivity index (χ4n) is 2.69. The molecule has 2 rings (SSSR count). The third-order valence-electron chi connectivity index (χ3n) is 3.81. The van der Waals surface area contributed by atoms with Crippen LogP contribution >= 0.6 is 11.6 Å². The topological polar surface area (TPSA) is 38.3 Å². The second-order valence-electron chi connectivity index (χ2n) is 5.36. The Labute approximate surface area is 125 Å². The molecule has 1 N–H and O–H groups in total. The Morgan fingerprint density at radius 1 is 1.45 bits per heavy atom. The van der Waals surface area contributed by atoms with Gasteiger partial charge in [-0.1, -0.05) is 18.0 Å². The highest BCUT2D eigenvalue weighted by Gasteiger charge is 2.15. The molecule has 1 fully saturated rings. The zero-order valence-electron chi connectivity index (χ0n) is 12.0. The summed E-state index contributed by atoms with van der Waals surface area (Å²) < 4.78 is 5.27. The van der Waals surface area contributed by atoms with E-state index in [1.165, 1.54) is 19.3 Å². The van der Waals surface area contributed by atoms with E-state index in [1.807, 2.05) is 12.1 Å². The van der Waals surface area contributed by atoms with Gasteiger partial charge in [-0.2, -0.15) is 0 Å². The number of carbonyl (C=O) groups is 1. The minimum atomic E-state index is 0.248. The molecule has 1 atom stereocenters. The van der Waals surface area contributed by atoms with E-state index < -0.39 is 0 Å². The van der Waals surface area contributed by atoms with Gasteiger partial charge in [-0.3, -0.25) is 4.79 Å². The van der Waals surface area contributed by atoms with Gasteiger partial charge in [0.1, 0.15) is 11.5 Å². The molecule has 1 aliphatic rings. The summed E-state index contributed by atoms with van der Waals surface area (Å²) >= 11 is 5.98. The van der Waals surface area contributed by atoms with Crippen LogP contribution in [-0.4, -0.2) is 25.5 Å². The highest BCUT2D eigenvalue weighted by Crippen LogP contribution is 2.24. The van der Waals surface area contributed by atoms with Gasteiger partial charge < -0.3 is 10.1 Å². The first kappa shape index (κ1) is 15.3. The molecule has 0 spiro atoms. The van der Waals surface area contributed by atoms with Crippen molar-refractivity contribution in [2.75, 3.05) is 13.7 Å². The van der Waals surface area contributed by atoms with E-state index in [1.54, 1.807) is 13.2 Å². The van der Waals surface area contributed by atoms with Crippen molar-refractivity contribution in [3.05, 3.63) is 28.8 Å². The number of hydrogen-bond donors (Lipinski definition) is 1. The molecular weight excluding hydrogens is 274 g/mol. The number of hydrogen-bond acceptors (Lipinski definition) is 3. The third kappa shape index (κ3) is 4.50. The first-order valence-electron chi connectivity index (χ1n) is 7.26. The maximum absolute atomic E-state index is 12.1. The molecule has 1 heterocycles. The van der Waals surface area contributed by atoms with Crippen molar-refractivity contribution in [2.24, 2.45) is 0 Å². The van der Waals surface area contributed by atoms with Crippen LogP contribution in [0.2, 0.25) is 5.02 Å². The number of ether oxygens (including phenoxy) is 1. The Morgan fingerprint density at radius 2 is 2.30 bits per heavy atom. The van der Waals surface area contributed by atoms with Crippen molar-refractivity contribution in [1.82, 2.24) is 5.32 Å². The molecule has 0 aromatic heterocycles. The van der Waals surface area contributed by atoms with Crippen molar-refractivity contribution >= 4 is 17.4 Å². The number of halogens is 1. The molecule has 1 aromatic carbocycles. The number of methoxy groups -OCH3 is 1. The minimum absolute atomic E-state index is 0.248. The molecule has 110 valence electrons. The fourth-order valence-corrected chi connectivity index (χ4v) is 2.89. The normalized spacial score (nSPS) is 18.8. The predicted octanol–water partition coefficient (Wildman–Crippen LogP) is 3.38. The summed E-state index contributed by atoms with van der Waals surface area (Å²) in [5.41, 5.74) is 0.876. The zero-order valence-corrected chi connectivity index (χ0v) is 12.7. The lowest BCUT2D eigenvalue weighted by atomic mass is 9.97. The van der Waals surface area contributed by atoms with E-state index >= 15 is 0 Å². The third-order valence-corrected chi connectivity index (χ3v) is 4.05. The van der Waals surface area contributed by atoms with E-state index in [0.717, 1.165) is 24.3 Å². The van der Waals surface area contributed by atoms with Crippen LogP contribution in [-0.2, 0) is 11.2 Å². The summed E-state index contributed by atoms with van der Waals surface area (Å²) in [5.74, 6) is 0.983. The van der Waals surface area contributed by atoms with Crippen LogP contribution in [0.3, 0.4) is 0 Å². The molecule has 1 saturated heterocycles. The first-order chi connectivity index (χ1) is 9.69. The van der Waals surface area contributed by atoms with Gasteiger partial charge in [0.15, 0.2) is 0 Å². The number of carbonyl (C=O) groups excluding carboxylic acids is 1. The standard InChI is InChI=1S/C16H22ClNO2/c1-20-16-8-5-13(17)10-12(16)11-15(19)7-6-14-4-2-3-9-18-14/h5,8,10,14,18H,2-4,6-7,9,11H2,1H3. The van der Waals surface area contributed by atoms with Gasteiger partial charge >= 0.3 is 0 Å². The lowest BCUT2D eigenvalue weighted by Crippen LogP contribution is -2.34. The molecule has 0 saturated carbocycles. The highest BCUT2D eigenvalue weighted by atomic mass is 35.5. The Kier molecular flexibility index (Phi) is 5.86. The molecule has 4 heteroatoms. The van der Waals surface area contributed by atoms with Crippen LogP contribution in [0, 0.1) is 0 Å². The van der Waals surface area contributed by atoms with Gasteiger partial charge in [0, 0.05) is 29.5 Å². The van der Waals surface area contributed by atoms with E-state index in [-0.39, 0.29) is 5.78 Å². The van der Waals surface area contributed by atoms with Crippen LogP contribution in [0.25, 0.3) is 0 Å². The number of Topliss-reactive ketones (excluding diaryl/α,β-unsaturated/α-hetero) is 1. The Balaban J connectivity index is 1.86. The van der Waals surface area contributed by atoms with Crippen molar-refractivity contribution in [3.8, 4) is 5.75 Å². The first-order valence-corrected chi connectivity index (χ1v) is 7.64. The molecule has 1 aromatic rings. The van der Waals surface area contributed by atoms with Crippen LogP contribution < -0.4 is 10.1 Å². The molecule has 0 aliphatic carbocycles. The van der Waals surface area contributed by atoms with Gasteiger partial charge in [-0.25, -0.2) is 0 Å². The number of rotatable bonds is 6. The molecule has 0 amide bonds. The van der Waals surface area contributed by atoms with Crippen LogP contribution in [0.15, 0.2) is 18.2 Å². The number of nitrogens with one attached hydrogen (secondary N) is 1. The lowest BCUT2D eigenvalue weighted by molar-refractivity contribution is -0.118. The molecule has 3 nitrogen and oxygen atoms in total. The van der Waals surface area contributed by atoms with Crippen molar-refractivity contribution in [2.45, 2.75) is 44.6 Å². The monoisotopic (exact) mass is 295 g/mol.